The van der Waals surface area contributed by atoms with Gasteiger partial charge in [-0.05, 0) is 49.8 Å². The van der Waals surface area contributed by atoms with Gasteiger partial charge in [-0.3, -0.25) is 9.98 Å². The topological polar surface area (TPSA) is 89.4 Å². The third kappa shape index (κ3) is 4.46. The lowest BCUT2D eigenvalue weighted by Crippen LogP contribution is -2.51. The van der Waals surface area contributed by atoms with Crippen LogP contribution in [-0.4, -0.2) is 33.8 Å². The van der Waals surface area contributed by atoms with Crippen LogP contribution in [0.15, 0.2) is 22.1 Å². The zero-order valence-corrected chi connectivity index (χ0v) is 22.4. The molecule has 0 bridgehead atoms. The van der Waals surface area contributed by atoms with Gasteiger partial charge in [0.2, 0.25) is 0 Å². The second-order valence-electron chi connectivity index (χ2n) is 10.1. The van der Waals surface area contributed by atoms with Crippen LogP contribution in [0.5, 0.6) is 0 Å². The second kappa shape index (κ2) is 10.3. The van der Waals surface area contributed by atoms with Gasteiger partial charge in [-0.1, -0.05) is 25.4 Å². The molecule has 0 radical (unpaired) electrons. The van der Waals surface area contributed by atoms with E-state index in [0.717, 1.165) is 19.3 Å². The first-order valence-electron chi connectivity index (χ1n) is 12.7. The van der Waals surface area contributed by atoms with Crippen molar-refractivity contribution >= 4 is 29.2 Å². The molecule has 39 heavy (non-hydrogen) atoms. The Balaban J connectivity index is 1.89. The van der Waals surface area contributed by atoms with Crippen molar-refractivity contribution in [2.45, 2.75) is 58.2 Å². The molecule has 2 N–H and O–H groups in total. The van der Waals surface area contributed by atoms with E-state index in [4.69, 9.17) is 17.3 Å². The van der Waals surface area contributed by atoms with Gasteiger partial charge in [-0.25, -0.2) is 26.9 Å². The predicted octanol–water partition coefficient (Wildman–Crippen LogP) is 4.20. The molecule has 0 saturated carbocycles. The molecule has 2 unspecified atom stereocenters. The Morgan fingerprint density at radius 3 is 2.46 bits per heavy atom. The fourth-order valence-electron chi connectivity index (χ4n) is 5.23. The number of aryl methyl sites for hydroxylation is 1. The number of halogens is 5. The van der Waals surface area contributed by atoms with E-state index in [-0.39, 0.29) is 22.4 Å². The maximum atomic E-state index is 15.8. The van der Waals surface area contributed by atoms with Gasteiger partial charge in [-0.2, -0.15) is 4.98 Å². The molecule has 2 aliphatic rings. The summed E-state index contributed by atoms with van der Waals surface area (Å²) in [6.07, 6.45) is 3.53. The Bertz CT molecular complexity index is 1620. The molecule has 1 saturated heterocycles. The summed E-state index contributed by atoms with van der Waals surface area (Å²) in [5.41, 5.74) is 4.96. The number of nitrogens with zero attached hydrogens (tertiary/aromatic N) is 5. The first kappa shape index (κ1) is 27.1. The molecule has 12 heteroatoms. The highest BCUT2D eigenvalue weighted by Gasteiger charge is 2.35. The zero-order valence-electron chi connectivity index (χ0n) is 21.6. The van der Waals surface area contributed by atoms with Gasteiger partial charge >= 0.3 is 5.69 Å². The molecule has 0 aliphatic carbocycles. The SMILES string of the molecule is Cc1ccnc(C(C)C)c1-n1c(=O)nc(N2CCCCC2)c2c1=NC(c1c(F)c(F)c(F)c(N)c1Cl)C(F)C=2. The Labute approximate surface area is 226 Å². The molecule has 4 heterocycles. The average Bonchev–Trinajstić information content (AvgIpc) is 2.92. The van der Waals surface area contributed by atoms with Crippen LogP contribution in [0.1, 0.15) is 61.9 Å². The van der Waals surface area contributed by atoms with E-state index in [0.29, 0.717) is 30.0 Å². The number of hydrogen-bond acceptors (Lipinski definition) is 6. The minimum atomic E-state index is -2.01. The maximum absolute atomic E-state index is 15.8. The summed E-state index contributed by atoms with van der Waals surface area (Å²) in [7, 11) is 0. The van der Waals surface area contributed by atoms with Gasteiger partial charge in [0.15, 0.2) is 17.5 Å². The molecule has 206 valence electrons. The molecule has 7 nitrogen and oxygen atoms in total. The van der Waals surface area contributed by atoms with Crippen LogP contribution >= 0.6 is 11.6 Å². The summed E-state index contributed by atoms with van der Waals surface area (Å²) >= 11 is 6.12. The Hall–Kier alpha value is -3.47. The number of anilines is 2. The first-order valence-corrected chi connectivity index (χ1v) is 13.1. The number of nitrogens with two attached hydrogens (primary N) is 1. The van der Waals surface area contributed by atoms with Crippen molar-refractivity contribution in [3.63, 3.8) is 0 Å². The molecular weight excluding hydrogens is 536 g/mol. The zero-order chi connectivity index (χ0) is 28.2. The quantitative estimate of drug-likeness (QED) is 0.223. The molecule has 1 aromatic carbocycles. The monoisotopic (exact) mass is 562 g/mol. The molecule has 2 aromatic heterocycles. The van der Waals surface area contributed by atoms with Gasteiger partial charge in [0.05, 0.1) is 27.3 Å². The number of rotatable bonds is 4. The Morgan fingerprint density at radius 2 is 1.79 bits per heavy atom. The van der Waals surface area contributed by atoms with Crippen LogP contribution < -0.4 is 27.0 Å². The lowest BCUT2D eigenvalue weighted by molar-refractivity contribution is 0.341. The van der Waals surface area contributed by atoms with Crippen LogP contribution in [0.2, 0.25) is 5.02 Å². The summed E-state index contributed by atoms with van der Waals surface area (Å²) in [6, 6.07) is -0.0307. The fourth-order valence-corrected chi connectivity index (χ4v) is 5.51. The summed E-state index contributed by atoms with van der Waals surface area (Å²) in [5.74, 6) is -5.09. The number of pyridine rings is 1. The van der Waals surface area contributed by atoms with Gasteiger partial charge in [0, 0.05) is 24.8 Å². The highest BCUT2D eigenvalue weighted by atomic mass is 35.5. The summed E-state index contributed by atoms with van der Waals surface area (Å²) in [4.78, 5) is 28.9. The number of hydrogen-bond donors (Lipinski definition) is 1. The Kier molecular flexibility index (Phi) is 7.13. The number of aromatic nitrogens is 3. The van der Waals surface area contributed by atoms with Crippen molar-refractivity contribution < 1.29 is 17.6 Å². The standard InChI is InChI=1S/C27H27ClF4N6O/c1-12(2)22-24(13(3)7-8-34-22)38-26-14(25(36-27(38)39)37-9-5-4-6-10-37)11-15(29)23(35-26)16-17(28)21(33)20(32)19(31)18(16)30/h7-8,11-12,15,23H,4-6,9-10,33H2,1-3H3. The maximum Gasteiger partial charge on any atom is 0.355 e. The van der Waals surface area contributed by atoms with Crippen LogP contribution in [0.25, 0.3) is 11.8 Å². The lowest BCUT2D eigenvalue weighted by Gasteiger charge is -2.30. The molecule has 3 aromatic rings. The van der Waals surface area contributed by atoms with Gasteiger partial charge < -0.3 is 10.6 Å². The van der Waals surface area contributed by atoms with E-state index < -0.39 is 51.6 Å². The van der Waals surface area contributed by atoms with Gasteiger partial charge in [0.25, 0.3) is 0 Å². The Morgan fingerprint density at radius 1 is 1.10 bits per heavy atom. The van der Waals surface area contributed by atoms with Crippen molar-refractivity contribution in [3.05, 3.63) is 72.7 Å². The molecule has 1 fully saturated rings. The number of benzene rings is 1. The first-order chi connectivity index (χ1) is 18.5. The molecular formula is C27H27ClF4N6O. The number of alkyl halides is 1. The van der Waals surface area contributed by atoms with Crippen LogP contribution in [0.3, 0.4) is 0 Å². The van der Waals surface area contributed by atoms with E-state index in [2.05, 4.69) is 15.0 Å². The van der Waals surface area contributed by atoms with Gasteiger partial charge in [-0.15, -0.1) is 0 Å². The summed E-state index contributed by atoms with van der Waals surface area (Å²) in [6.45, 7) is 6.82. The highest BCUT2D eigenvalue weighted by molar-refractivity contribution is 6.34. The summed E-state index contributed by atoms with van der Waals surface area (Å²) in [5, 5.41) is -0.440. The van der Waals surface area contributed by atoms with Crippen LogP contribution in [0.4, 0.5) is 29.1 Å². The smallest absolute Gasteiger partial charge is 0.355 e. The number of fused-ring (bicyclic) bond motifs is 1. The van der Waals surface area contributed by atoms with Crippen LogP contribution in [0, 0.1) is 24.4 Å². The normalized spacial score (nSPS) is 19.1. The minimum absolute atomic E-state index is 0.00811. The van der Waals surface area contributed by atoms with Gasteiger partial charge in [0.1, 0.15) is 23.5 Å². The van der Waals surface area contributed by atoms with E-state index in [1.165, 1.54) is 10.6 Å². The largest absolute Gasteiger partial charge is 0.395 e. The van der Waals surface area contributed by atoms with E-state index in [1.54, 1.807) is 19.2 Å². The van der Waals surface area contributed by atoms with Crippen molar-refractivity contribution in [3.8, 4) is 5.69 Å². The third-order valence-corrected chi connectivity index (χ3v) is 7.59. The van der Waals surface area contributed by atoms with Crippen molar-refractivity contribution in [2.75, 3.05) is 23.7 Å². The molecule has 2 aliphatic heterocycles. The van der Waals surface area contributed by atoms with Crippen molar-refractivity contribution in [1.29, 1.82) is 0 Å². The lowest BCUT2D eigenvalue weighted by atomic mass is 9.98. The van der Waals surface area contributed by atoms with Crippen molar-refractivity contribution in [1.82, 2.24) is 14.5 Å². The number of piperidine rings is 1. The molecule has 2 atom stereocenters. The van der Waals surface area contributed by atoms with E-state index >= 15 is 8.78 Å². The van der Waals surface area contributed by atoms with Crippen molar-refractivity contribution in [2.24, 2.45) is 4.99 Å². The summed E-state index contributed by atoms with van der Waals surface area (Å²) < 4.78 is 60.6. The average molecular weight is 563 g/mol. The van der Waals surface area contributed by atoms with E-state index in [9.17, 15) is 13.6 Å². The molecule has 5 rings (SSSR count). The second-order valence-corrected chi connectivity index (χ2v) is 10.5. The van der Waals surface area contributed by atoms with E-state index in [1.807, 2.05) is 18.7 Å². The highest BCUT2D eigenvalue weighted by Crippen LogP contribution is 2.39. The number of nitrogen functional groups attached to an aromatic ring is 1. The molecule has 0 spiro atoms. The van der Waals surface area contributed by atoms with Crippen LogP contribution in [-0.2, 0) is 0 Å². The fraction of sp³-hybridized carbons (Fsp3) is 0.407. The third-order valence-electron chi connectivity index (χ3n) is 7.18. The molecule has 0 amide bonds. The predicted molar refractivity (Wildman–Crippen MR) is 141 cm³/mol. The minimum Gasteiger partial charge on any atom is -0.395 e.